The second-order valence-electron chi connectivity index (χ2n) is 10.2. The van der Waals surface area contributed by atoms with Crippen LogP contribution in [0.1, 0.15) is 58.5 Å². The first-order chi connectivity index (χ1) is 18.2. The van der Waals surface area contributed by atoms with E-state index in [1.807, 2.05) is 62.0 Å². The molecule has 1 atom stereocenters. The van der Waals surface area contributed by atoms with Crippen LogP contribution in [0.15, 0.2) is 47.8 Å². The normalized spacial score (nSPS) is 15.0. The van der Waals surface area contributed by atoms with Crippen LogP contribution in [0.3, 0.4) is 0 Å². The van der Waals surface area contributed by atoms with Crippen molar-refractivity contribution in [2.24, 2.45) is 5.92 Å². The van der Waals surface area contributed by atoms with E-state index in [-0.39, 0.29) is 36.2 Å². The molecule has 1 unspecified atom stereocenters. The lowest BCUT2D eigenvalue weighted by Gasteiger charge is -2.38. The van der Waals surface area contributed by atoms with Gasteiger partial charge in [-0.05, 0) is 67.4 Å². The highest BCUT2D eigenvalue weighted by atomic mass is 32.1. The summed E-state index contributed by atoms with van der Waals surface area (Å²) in [5, 5.41) is 5.29. The SMILES string of the molecule is CC(C)CC(=O)N1CCc2ccc(OCc3nc(C(=O)NCCN(C)C)cs3)cc2C1c1cccc(F)c1. The lowest BCUT2D eigenvalue weighted by Crippen LogP contribution is -2.41. The third-order valence-corrected chi connectivity index (χ3v) is 7.23. The molecule has 0 saturated carbocycles. The number of fused-ring (bicyclic) bond motifs is 1. The Labute approximate surface area is 227 Å². The van der Waals surface area contributed by atoms with E-state index in [1.165, 1.54) is 23.5 Å². The highest BCUT2D eigenvalue weighted by Gasteiger charge is 2.32. The van der Waals surface area contributed by atoms with Crippen molar-refractivity contribution in [3.63, 3.8) is 0 Å². The molecule has 1 aliphatic rings. The second kappa shape index (κ2) is 12.5. The largest absolute Gasteiger partial charge is 0.486 e. The van der Waals surface area contributed by atoms with Crippen molar-refractivity contribution >= 4 is 23.2 Å². The molecule has 1 N–H and O–H groups in total. The molecule has 3 aromatic rings. The number of hydrogen-bond acceptors (Lipinski definition) is 6. The second-order valence-corrected chi connectivity index (χ2v) is 11.2. The predicted octanol–water partition coefficient (Wildman–Crippen LogP) is 4.67. The number of nitrogens with zero attached hydrogens (tertiary/aromatic N) is 3. The fraction of sp³-hybridized carbons (Fsp3) is 0.414. The van der Waals surface area contributed by atoms with Gasteiger partial charge in [0, 0.05) is 31.4 Å². The molecule has 9 heteroatoms. The standard InChI is InChI=1S/C29H35FN4O3S/c1-19(2)14-27(35)34-12-10-20-8-9-23(16-24(20)28(34)21-6-5-7-22(30)15-21)37-17-26-32-25(18-38-26)29(36)31-11-13-33(3)4/h5-9,15-16,18-19,28H,10-14,17H2,1-4H3,(H,31,36). The van der Waals surface area contributed by atoms with E-state index >= 15 is 0 Å². The Hall–Kier alpha value is -3.30. The van der Waals surface area contributed by atoms with Crippen LogP contribution < -0.4 is 10.1 Å². The van der Waals surface area contributed by atoms with E-state index in [9.17, 15) is 14.0 Å². The summed E-state index contributed by atoms with van der Waals surface area (Å²) in [4.78, 5) is 33.8. The van der Waals surface area contributed by atoms with Crippen molar-refractivity contribution < 1.29 is 18.7 Å². The molecule has 0 fully saturated rings. The van der Waals surface area contributed by atoms with Gasteiger partial charge >= 0.3 is 0 Å². The summed E-state index contributed by atoms with van der Waals surface area (Å²) in [5.41, 5.74) is 3.18. The van der Waals surface area contributed by atoms with Crippen LogP contribution in [-0.2, 0) is 17.8 Å². The van der Waals surface area contributed by atoms with E-state index in [0.29, 0.717) is 36.0 Å². The number of carbonyl (C=O) groups excluding carboxylic acids is 2. The van der Waals surface area contributed by atoms with Crippen molar-refractivity contribution in [2.75, 3.05) is 33.7 Å². The monoisotopic (exact) mass is 538 g/mol. The maximum atomic E-state index is 14.2. The van der Waals surface area contributed by atoms with Gasteiger partial charge in [0.25, 0.3) is 5.91 Å². The summed E-state index contributed by atoms with van der Waals surface area (Å²) in [7, 11) is 3.90. The molecule has 0 bridgehead atoms. The Morgan fingerprint density at radius 3 is 2.79 bits per heavy atom. The Kier molecular flexibility index (Phi) is 9.12. The lowest BCUT2D eigenvalue weighted by molar-refractivity contribution is -0.134. The Balaban J connectivity index is 1.52. The molecule has 2 aromatic carbocycles. The van der Waals surface area contributed by atoms with Crippen LogP contribution in [0.4, 0.5) is 4.39 Å². The molecule has 4 rings (SSSR count). The van der Waals surface area contributed by atoms with E-state index in [4.69, 9.17) is 4.74 Å². The maximum Gasteiger partial charge on any atom is 0.270 e. The fourth-order valence-electron chi connectivity index (χ4n) is 4.56. The molecule has 0 spiro atoms. The minimum atomic E-state index is -0.387. The third-order valence-electron chi connectivity index (χ3n) is 6.40. The van der Waals surface area contributed by atoms with E-state index in [2.05, 4.69) is 10.3 Å². The molecule has 0 aliphatic carbocycles. The number of halogens is 1. The zero-order valence-corrected chi connectivity index (χ0v) is 23.2. The topological polar surface area (TPSA) is 74.8 Å². The van der Waals surface area contributed by atoms with Gasteiger partial charge in [0.05, 0.1) is 6.04 Å². The quantitative estimate of drug-likeness (QED) is 0.406. The number of thiazole rings is 1. The molecule has 0 saturated heterocycles. The van der Waals surface area contributed by atoms with E-state index < -0.39 is 0 Å². The first-order valence-electron chi connectivity index (χ1n) is 12.9. The average molecular weight is 539 g/mol. The highest BCUT2D eigenvalue weighted by molar-refractivity contribution is 7.09. The molecule has 2 heterocycles. The highest BCUT2D eigenvalue weighted by Crippen LogP contribution is 2.38. The van der Waals surface area contributed by atoms with Gasteiger partial charge in [-0.2, -0.15) is 0 Å². The smallest absolute Gasteiger partial charge is 0.270 e. The molecular formula is C29H35FN4O3S. The number of nitrogens with one attached hydrogen (secondary N) is 1. The summed E-state index contributed by atoms with van der Waals surface area (Å²) < 4.78 is 20.3. The third kappa shape index (κ3) is 6.96. The van der Waals surface area contributed by atoms with Crippen LogP contribution in [0.25, 0.3) is 0 Å². The lowest BCUT2D eigenvalue weighted by atomic mass is 9.87. The number of benzene rings is 2. The molecule has 7 nitrogen and oxygen atoms in total. The fourth-order valence-corrected chi connectivity index (χ4v) is 5.25. The molecule has 0 radical (unpaired) electrons. The minimum Gasteiger partial charge on any atom is -0.486 e. The van der Waals surface area contributed by atoms with Gasteiger partial charge in [-0.1, -0.05) is 32.0 Å². The van der Waals surface area contributed by atoms with Crippen LogP contribution in [0.2, 0.25) is 0 Å². The molecule has 1 aromatic heterocycles. The molecular weight excluding hydrogens is 503 g/mol. The maximum absolute atomic E-state index is 14.2. The number of ether oxygens (including phenoxy) is 1. The van der Waals surface area contributed by atoms with Gasteiger partial charge in [-0.3, -0.25) is 9.59 Å². The average Bonchev–Trinajstić information content (AvgIpc) is 3.35. The van der Waals surface area contributed by atoms with Crippen molar-refractivity contribution in [2.45, 2.75) is 39.3 Å². The van der Waals surface area contributed by atoms with Crippen LogP contribution in [0.5, 0.6) is 5.75 Å². The number of likely N-dealkylation sites (N-methyl/N-ethyl adjacent to an activating group) is 1. The Morgan fingerprint density at radius 1 is 1.24 bits per heavy atom. The number of carbonyl (C=O) groups is 2. The zero-order valence-electron chi connectivity index (χ0n) is 22.4. The number of aromatic nitrogens is 1. The summed E-state index contributed by atoms with van der Waals surface area (Å²) in [6.07, 6.45) is 1.16. The van der Waals surface area contributed by atoms with Gasteiger partial charge in [0.2, 0.25) is 5.91 Å². The number of hydrogen-bond donors (Lipinski definition) is 1. The Bertz CT molecular complexity index is 1280. The summed E-state index contributed by atoms with van der Waals surface area (Å²) in [6, 6.07) is 12.0. The van der Waals surface area contributed by atoms with Crippen molar-refractivity contribution in [3.8, 4) is 5.75 Å². The van der Waals surface area contributed by atoms with E-state index in [1.54, 1.807) is 11.4 Å². The molecule has 2 amide bonds. The van der Waals surface area contributed by atoms with E-state index in [0.717, 1.165) is 29.7 Å². The van der Waals surface area contributed by atoms with Crippen molar-refractivity contribution in [1.82, 2.24) is 20.1 Å². The summed E-state index contributed by atoms with van der Waals surface area (Å²) in [6.45, 7) is 6.15. The van der Waals surface area contributed by atoms with Crippen LogP contribution >= 0.6 is 11.3 Å². The number of amides is 2. The molecule has 1 aliphatic heterocycles. The van der Waals surface area contributed by atoms with Gasteiger partial charge in [0.15, 0.2) is 0 Å². The molecule has 202 valence electrons. The molecule has 38 heavy (non-hydrogen) atoms. The predicted molar refractivity (Wildman–Crippen MR) is 147 cm³/mol. The van der Waals surface area contributed by atoms with Crippen LogP contribution in [-0.4, -0.2) is 60.3 Å². The first kappa shape index (κ1) is 27.7. The Morgan fingerprint density at radius 2 is 2.05 bits per heavy atom. The zero-order chi connectivity index (χ0) is 27.2. The first-order valence-corrected chi connectivity index (χ1v) is 13.8. The van der Waals surface area contributed by atoms with Gasteiger partial charge in [-0.15, -0.1) is 11.3 Å². The summed E-state index contributed by atoms with van der Waals surface area (Å²) in [5.74, 6) is 0.390. The van der Waals surface area contributed by atoms with Gasteiger partial charge < -0.3 is 19.9 Å². The summed E-state index contributed by atoms with van der Waals surface area (Å²) >= 11 is 1.37. The minimum absolute atomic E-state index is 0.0606. The number of rotatable bonds is 10. The van der Waals surface area contributed by atoms with Crippen LogP contribution in [0, 0.1) is 11.7 Å². The van der Waals surface area contributed by atoms with Crippen molar-refractivity contribution in [3.05, 3.63) is 81.1 Å². The van der Waals surface area contributed by atoms with Gasteiger partial charge in [0.1, 0.15) is 28.9 Å². The van der Waals surface area contributed by atoms with Crippen molar-refractivity contribution in [1.29, 1.82) is 0 Å². The van der Waals surface area contributed by atoms with Gasteiger partial charge in [-0.25, -0.2) is 9.37 Å².